The molecule has 3 heteroatoms. The standard InChI is InChI=1S/C12H17F2N/c1-3-6-12(2,15)8-9-7-10(13)4-5-11(9)14/h4-5,7H,3,6,8,15H2,1-2H3. The van der Waals surface area contributed by atoms with Crippen molar-refractivity contribution in [2.45, 2.75) is 38.6 Å². The molecule has 2 N–H and O–H groups in total. The van der Waals surface area contributed by atoms with Crippen LogP contribution in [0, 0.1) is 11.6 Å². The predicted octanol–water partition coefficient (Wildman–Crippen LogP) is 3.02. The maximum absolute atomic E-state index is 13.3. The van der Waals surface area contributed by atoms with Crippen LogP contribution < -0.4 is 5.73 Å². The van der Waals surface area contributed by atoms with Crippen LogP contribution in [-0.2, 0) is 6.42 Å². The van der Waals surface area contributed by atoms with E-state index >= 15 is 0 Å². The molecule has 1 rings (SSSR count). The van der Waals surface area contributed by atoms with Crippen molar-refractivity contribution in [3.05, 3.63) is 35.4 Å². The summed E-state index contributed by atoms with van der Waals surface area (Å²) in [5, 5.41) is 0. The van der Waals surface area contributed by atoms with Crippen LogP contribution in [0.15, 0.2) is 18.2 Å². The lowest BCUT2D eigenvalue weighted by Gasteiger charge is -2.24. The second kappa shape index (κ2) is 4.71. The molecule has 0 spiro atoms. The molecule has 84 valence electrons. The van der Waals surface area contributed by atoms with Gasteiger partial charge in [-0.2, -0.15) is 0 Å². The van der Waals surface area contributed by atoms with Crippen LogP contribution in [0.1, 0.15) is 32.3 Å². The molecule has 0 aliphatic rings. The first kappa shape index (κ1) is 12.1. The molecule has 0 radical (unpaired) electrons. The lowest BCUT2D eigenvalue weighted by atomic mass is 9.89. The zero-order valence-corrected chi connectivity index (χ0v) is 9.19. The van der Waals surface area contributed by atoms with Crippen molar-refractivity contribution < 1.29 is 8.78 Å². The molecule has 1 atom stereocenters. The Morgan fingerprint density at radius 2 is 2.00 bits per heavy atom. The van der Waals surface area contributed by atoms with Crippen LogP contribution in [0.25, 0.3) is 0 Å². The fourth-order valence-electron chi connectivity index (χ4n) is 1.77. The Labute approximate surface area is 89.3 Å². The van der Waals surface area contributed by atoms with Crippen LogP contribution in [0.4, 0.5) is 8.78 Å². The quantitative estimate of drug-likeness (QED) is 0.817. The van der Waals surface area contributed by atoms with Crippen LogP contribution in [0.3, 0.4) is 0 Å². The highest BCUT2D eigenvalue weighted by atomic mass is 19.1. The lowest BCUT2D eigenvalue weighted by Crippen LogP contribution is -2.38. The Morgan fingerprint density at radius 3 is 2.60 bits per heavy atom. The number of halogens is 2. The predicted molar refractivity (Wildman–Crippen MR) is 57.6 cm³/mol. The normalized spacial score (nSPS) is 15.0. The first-order valence-corrected chi connectivity index (χ1v) is 5.17. The number of benzene rings is 1. The summed E-state index contributed by atoms with van der Waals surface area (Å²) in [5.41, 5.74) is 5.88. The lowest BCUT2D eigenvalue weighted by molar-refractivity contribution is 0.415. The number of rotatable bonds is 4. The highest BCUT2D eigenvalue weighted by Crippen LogP contribution is 2.19. The molecule has 0 amide bonds. The van der Waals surface area contributed by atoms with Crippen molar-refractivity contribution in [2.75, 3.05) is 0 Å². The molecule has 1 nitrogen and oxygen atoms in total. The zero-order valence-electron chi connectivity index (χ0n) is 9.19. The van der Waals surface area contributed by atoms with Gasteiger partial charge >= 0.3 is 0 Å². The van der Waals surface area contributed by atoms with E-state index in [9.17, 15) is 8.78 Å². The first-order valence-electron chi connectivity index (χ1n) is 5.17. The molecule has 0 aromatic heterocycles. The number of nitrogens with two attached hydrogens (primary N) is 1. The third-order valence-electron chi connectivity index (χ3n) is 2.42. The largest absolute Gasteiger partial charge is 0.325 e. The van der Waals surface area contributed by atoms with E-state index in [1.54, 1.807) is 0 Å². The zero-order chi connectivity index (χ0) is 11.5. The van der Waals surface area contributed by atoms with Gasteiger partial charge in [-0.1, -0.05) is 13.3 Å². The topological polar surface area (TPSA) is 26.0 Å². The molecule has 0 aliphatic carbocycles. The number of hydrogen-bond donors (Lipinski definition) is 1. The van der Waals surface area contributed by atoms with Gasteiger partial charge in [-0.15, -0.1) is 0 Å². The van der Waals surface area contributed by atoms with Crippen LogP contribution in [-0.4, -0.2) is 5.54 Å². The Hall–Kier alpha value is -0.960. The van der Waals surface area contributed by atoms with E-state index in [1.165, 1.54) is 6.07 Å². The molecule has 0 fully saturated rings. The summed E-state index contributed by atoms with van der Waals surface area (Å²) < 4.78 is 26.2. The molecule has 1 unspecified atom stereocenters. The second-order valence-electron chi connectivity index (χ2n) is 4.32. The average molecular weight is 213 g/mol. The van der Waals surface area contributed by atoms with Crippen LogP contribution >= 0.6 is 0 Å². The van der Waals surface area contributed by atoms with Gasteiger partial charge in [0, 0.05) is 5.54 Å². The average Bonchev–Trinajstić information content (AvgIpc) is 2.10. The molecule has 0 saturated carbocycles. The van der Waals surface area contributed by atoms with Crippen molar-refractivity contribution in [3.8, 4) is 0 Å². The minimum atomic E-state index is -0.469. The van der Waals surface area contributed by atoms with E-state index in [1.807, 2.05) is 13.8 Å². The van der Waals surface area contributed by atoms with Gasteiger partial charge in [0.2, 0.25) is 0 Å². The molecule has 1 aromatic carbocycles. The van der Waals surface area contributed by atoms with Crippen molar-refractivity contribution in [1.29, 1.82) is 0 Å². The van der Waals surface area contributed by atoms with Gasteiger partial charge < -0.3 is 5.73 Å². The minimum absolute atomic E-state index is 0.355. The highest BCUT2D eigenvalue weighted by Gasteiger charge is 2.19. The smallest absolute Gasteiger partial charge is 0.126 e. The number of hydrogen-bond acceptors (Lipinski definition) is 1. The molecule has 0 aliphatic heterocycles. The summed E-state index contributed by atoms with van der Waals surface area (Å²) in [6.07, 6.45) is 2.09. The molecule has 0 bridgehead atoms. The van der Waals surface area contributed by atoms with Gasteiger partial charge in [0.25, 0.3) is 0 Å². The second-order valence-corrected chi connectivity index (χ2v) is 4.32. The highest BCUT2D eigenvalue weighted by molar-refractivity contribution is 5.20. The summed E-state index contributed by atoms with van der Waals surface area (Å²) in [6, 6.07) is 3.48. The van der Waals surface area contributed by atoms with Crippen LogP contribution in [0.2, 0.25) is 0 Å². The van der Waals surface area contributed by atoms with E-state index in [4.69, 9.17) is 5.73 Å². The molecule has 0 heterocycles. The summed E-state index contributed by atoms with van der Waals surface area (Å²) in [5.74, 6) is -0.803. The van der Waals surface area contributed by atoms with E-state index in [2.05, 4.69) is 0 Å². The molecular weight excluding hydrogens is 196 g/mol. The van der Waals surface area contributed by atoms with E-state index in [0.29, 0.717) is 12.0 Å². The Kier molecular flexibility index (Phi) is 3.80. The van der Waals surface area contributed by atoms with Gasteiger partial charge in [0.05, 0.1) is 0 Å². The van der Waals surface area contributed by atoms with Gasteiger partial charge in [0.15, 0.2) is 0 Å². The van der Waals surface area contributed by atoms with E-state index in [-0.39, 0.29) is 5.82 Å². The van der Waals surface area contributed by atoms with Crippen molar-refractivity contribution in [1.82, 2.24) is 0 Å². The van der Waals surface area contributed by atoms with Gasteiger partial charge in [-0.05, 0) is 43.5 Å². The summed E-state index contributed by atoms with van der Waals surface area (Å²) in [4.78, 5) is 0. The van der Waals surface area contributed by atoms with Crippen molar-refractivity contribution in [3.63, 3.8) is 0 Å². The van der Waals surface area contributed by atoms with Crippen LogP contribution in [0.5, 0.6) is 0 Å². The maximum Gasteiger partial charge on any atom is 0.126 e. The Morgan fingerprint density at radius 1 is 1.33 bits per heavy atom. The molecule has 1 aromatic rings. The molecule has 0 saturated heterocycles. The fourth-order valence-corrected chi connectivity index (χ4v) is 1.77. The molecular formula is C12H17F2N. The SMILES string of the molecule is CCCC(C)(N)Cc1cc(F)ccc1F. The van der Waals surface area contributed by atoms with Gasteiger partial charge in [-0.3, -0.25) is 0 Å². The third kappa shape index (κ3) is 3.59. The third-order valence-corrected chi connectivity index (χ3v) is 2.42. The van der Waals surface area contributed by atoms with Crippen molar-refractivity contribution in [2.24, 2.45) is 5.73 Å². The molecule has 15 heavy (non-hydrogen) atoms. The maximum atomic E-state index is 13.3. The monoisotopic (exact) mass is 213 g/mol. The first-order chi connectivity index (χ1) is 6.94. The van der Waals surface area contributed by atoms with Gasteiger partial charge in [-0.25, -0.2) is 8.78 Å². The summed E-state index contributed by atoms with van der Waals surface area (Å²) in [6.45, 7) is 3.88. The van der Waals surface area contributed by atoms with E-state index < -0.39 is 11.4 Å². The summed E-state index contributed by atoms with van der Waals surface area (Å²) >= 11 is 0. The minimum Gasteiger partial charge on any atom is -0.325 e. The Bertz CT molecular complexity index is 334. The summed E-state index contributed by atoms with van der Waals surface area (Å²) in [7, 11) is 0. The van der Waals surface area contributed by atoms with Crippen molar-refractivity contribution >= 4 is 0 Å². The Balaban J connectivity index is 2.83. The van der Waals surface area contributed by atoms with E-state index in [0.717, 1.165) is 25.0 Å². The fraction of sp³-hybridized carbons (Fsp3) is 0.500. The van der Waals surface area contributed by atoms with Gasteiger partial charge in [0.1, 0.15) is 11.6 Å².